The molecule has 0 saturated carbocycles. The van der Waals surface area contributed by atoms with E-state index < -0.39 is 0 Å². The second kappa shape index (κ2) is 8.90. The topological polar surface area (TPSA) is 73.0 Å². The quantitative estimate of drug-likeness (QED) is 0.592. The van der Waals surface area contributed by atoms with Crippen LogP contribution in [0.1, 0.15) is 37.9 Å². The molecule has 0 bridgehead atoms. The maximum atomic E-state index is 12.4. The molecule has 1 amide bonds. The molecule has 2 aromatic heterocycles. The smallest absolute Gasteiger partial charge is 0.230 e. The zero-order chi connectivity index (χ0) is 19.2. The summed E-state index contributed by atoms with van der Waals surface area (Å²) in [5, 5.41) is 12.2. The van der Waals surface area contributed by atoms with Gasteiger partial charge in [0.15, 0.2) is 16.7 Å². The molecule has 27 heavy (non-hydrogen) atoms. The van der Waals surface area contributed by atoms with E-state index in [1.807, 2.05) is 30.5 Å². The molecule has 0 aliphatic carbocycles. The van der Waals surface area contributed by atoms with Gasteiger partial charge in [0.25, 0.3) is 0 Å². The highest BCUT2D eigenvalue weighted by Gasteiger charge is 2.17. The number of amides is 1. The van der Waals surface area contributed by atoms with Gasteiger partial charge in [0.2, 0.25) is 5.91 Å². The summed E-state index contributed by atoms with van der Waals surface area (Å²) >= 11 is 1.38. The van der Waals surface area contributed by atoms with E-state index in [1.165, 1.54) is 17.3 Å². The molecule has 142 valence electrons. The Morgan fingerprint density at radius 3 is 2.63 bits per heavy atom. The first-order valence-electron chi connectivity index (χ1n) is 9.10. The van der Waals surface area contributed by atoms with Crippen molar-refractivity contribution in [3.05, 3.63) is 53.8 Å². The summed E-state index contributed by atoms with van der Waals surface area (Å²) in [6, 6.07) is 12.0. The molecule has 1 N–H and O–H groups in total. The molecular weight excluding hydrogens is 360 g/mol. The fourth-order valence-electron chi connectivity index (χ4n) is 2.81. The molecule has 7 heteroatoms. The van der Waals surface area contributed by atoms with E-state index in [0.717, 1.165) is 12.0 Å². The van der Waals surface area contributed by atoms with E-state index >= 15 is 0 Å². The van der Waals surface area contributed by atoms with Crippen molar-refractivity contribution in [1.82, 2.24) is 20.1 Å². The van der Waals surface area contributed by atoms with Gasteiger partial charge in [0, 0.05) is 6.54 Å². The lowest BCUT2D eigenvalue weighted by atomic mass is 10.1. The van der Waals surface area contributed by atoms with E-state index in [1.54, 1.807) is 6.26 Å². The summed E-state index contributed by atoms with van der Waals surface area (Å²) in [6.07, 6.45) is 2.62. The van der Waals surface area contributed by atoms with E-state index in [0.29, 0.717) is 23.3 Å². The molecule has 0 spiro atoms. The van der Waals surface area contributed by atoms with Crippen LogP contribution in [0.2, 0.25) is 0 Å². The third-order valence-electron chi connectivity index (χ3n) is 4.37. The van der Waals surface area contributed by atoms with Gasteiger partial charge in [-0.05, 0) is 43.5 Å². The van der Waals surface area contributed by atoms with Gasteiger partial charge >= 0.3 is 0 Å². The molecule has 0 fully saturated rings. The number of hydrogen-bond donors (Lipinski definition) is 1. The zero-order valence-electron chi connectivity index (χ0n) is 15.8. The molecule has 3 aromatic rings. The van der Waals surface area contributed by atoms with E-state index in [4.69, 9.17) is 4.42 Å². The number of furan rings is 1. The lowest BCUT2D eigenvalue weighted by molar-refractivity contribution is -0.119. The molecule has 2 heterocycles. The second-order valence-corrected chi connectivity index (χ2v) is 7.14. The van der Waals surface area contributed by atoms with Crippen LogP contribution in [0.25, 0.3) is 11.6 Å². The first kappa shape index (κ1) is 19.2. The van der Waals surface area contributed by atoms with Gasteiger partial charge in [-0.2, -0.15) is 0 Å². The highest BCUT2D eigenvalue weighted by molar-refractivity contribution is 7.99. The Morgan fingerprint density at radius 2 is 2.00 bits per heavy atom. The summed E-state index contributed by atoms with van der Waals surface area (Å²) in [7, 11) is 0. The van der Waals surface area contributed by atoms with Gasteiger partial charge in [-0.3, -0.25) is 9.36 Å². The average molecular weight is 385 g/mol. The Hall–Kier alpha value is -2.54. The molecule has 0 aliphatic heterocycles. The molecule has 3 rings (SSSR count). The molecule has 1 atom stereocenters. The van der Waals surface area contributed by atoms with Gasteiger partial charge in [0.1, 0.15) is 0 Å². The largest absolute Gasteiger partial charge is 0.461 e. The lowest BCUT2D eigenvalue weighted by Crippen LogP contribution is -2.28. The average Bonchev–Trinajstić information content (AvgIpc) is 3.35. The number of benzene rings is 1. The highest BCUT2D eigenvalue weighted by Crippen LogP contribution is 2.24. The van der Waals surface area contributed by atoms with Crippen LogP contribution in [-0.4, -0.2) is 26.4 Å². The molecule has 6 nitrogen and oxygen atoms in total. The number of thioether (sulfide) groups is 1. The number of nitrogens with one attached hydrogen (secondary N) is 1. The molecule has 1 unspecified atom stereocenters. The van der Waals surface area contributed by atoms with E-state index in [9.17, 15) is 4.79 Å². The van der Waals surface area contributed by atoms with Gasteiger partial charge in [-0.1, -0.05) is 43.0 Å². The number of aryl methyl sites for hydroxylation is 1. The van der Waals surface area contributed by atoms with Gasteiger partial charge in [-0.15, -0.1) is 10.2 Å². The monoisotopic (exact) mass is 384 g/mol. The standard InChI is InChI=1S/C20H24N4O2S/c1-4-15-8-10-16(11-9-15)14(3)21-18(25)13-27-20-23-22-19(24(20)5-2)17-7-6-12-26-17/h6-12,14H,4-5,13H2,1-3H3,(H,21,25). The highest BCUT2D eigenvalue weighted by atomic mass is 32.2. The molecule has 0 radical (unpaired) electrons. The van der Waals surface area contributed by atoms with Crippen molar-refractivity contribution in [1.29, 1.82) is 0 Å². The Labute approximate surface area is 163 Å². The van der Waals surface area contributed by atoms with Gasteiger partial charge in [-0.25, -0.2) is 0 Å². The lowest BCUT2D eigenvalue weighted by Gasteiger charge is -2.14. The Morgan fingerprint density at radius 1 is 1.22 bits per heavy atom. The van der Waals surface area contributed by atoms with Crippen LogP contribution >= 0.6 is 11.8 Å². The van der Waals surface area contributed by atoms with Crippen LogP contribution in [-0.2, 0) is 17.8 Å². The summed E-state index contributed by atoms with van der Waals surface area (Å²) in [5.41, 5.74) is 2.39. The second-order valence-electron chi connectivity index (χ2n) is 6.20. The number of carbonyl (C=O) groups is 1. The first-order valence-corrected chi connectivity index (χ1v) is 10.1. The molecule has 1 aromatic carbocycles. The number of rotatable bonds is 8. The Bertz CT molecular complexity index is 872. The van der Waals surface area contributed by atoms with Crippen molar-refractivity contribution in [2.45, 2.75) is 44.9 Å². The van der Waals surface area contributed by atoms with Crippen LogP contribution in [0, 0.1) is 0 Å². The molecular formula is C20H24N4O2S. The van der Waals surface area contributed by atoms with Crippen molar-refractivity contribution in [2.24, 2.45) is 0 Å². The van der Waals surface area contributed by atoms with Crippen molar-refractivity contribution >= 4 is 17.7 Å². The van der Waals surface area contributed by atoms with Crippen molar-refractivity contribution < 1.29 is 9.21 Å². The van der Waals surface area contributed by atoms with Crippen LogP contribution in [0.3, 0.4) is 0 Å². The number of carbonyl (C=O) groups excluding carboxylic acids is 1. The summed E-state index contributed by atoms with van der Waals surface area (Å²) in [5.74, 6) is 1.60. The predicted octanol–water partition coefficient (Wildman–Crippen LogP) is 4.09. The maximum absolute atomic E-state index is 12.4. The SMILES string of the molecule is CCc1ccc(C(C)NC(=O)CSc2nnc(-c3ccco3)n2CC)cc1. The fraction of sp³-hybridized carbons (Fsp3) is 0.350. The third kappa shape index (κ3) is 4.60. The molecule has 0 saturated heterocycles. The van der Waals surface area contributed by atoms with E-state index in [2.05, 4.69) is 46.7 Å². The first-order chi connectivity index (χ1) is 13.1. The number of aromatic nitrogens is 3. The maximum Gasteiger partial charge on any atom is 0.230 e. The predicted molar refractivity (Wildman–Crippen MR) is 106 cm³/mol. The summed E-state index contributed by atoms with van der Waals surface area (Å²) < 4.78 is 7.36. The zero-order valence-corrected chi connectivity index (χ0v) is 16.6. The third-order valence-corrected chi connectivity index (χ3v) is 5.34. The minimum absolute atomic E-state index is 0.0303. The number of nitrogens with zero attached hydrogens (tertiary/aromatic N) is 3. The van der Waals surface area contributed by atoms with Gasteiger partial charge < -0.3 is 9.73 Å². The van der Waals surface area contributed by atoms with Crippen molar-refractivity contribution in [2.75, 3.05) is 5.75 Å². The van der Waals surface area contributed by atoms with E-state index in [-0.39, 0.29) is 17.7 Å². The van der Waals surface area contributed by atoms with Crippen LogP contribution < -0.4 is 5.32 Å². The van der Waals surface area contributed by atoms with Gasteiger partial charge in [0.05, 0.1) is 18.1 Å². The Kier molecular flexibility index (Phi) is 6.34. The minimum Gasteiger partial charge on any atom is -0.461 e. The Balaban J connectivity index is 1.59. The molecule has 0 aliphatic rings. The summed E-state index contributed by atoms with van der Waals surface area (Å²) in [4.78, 5) is 12.4. The van der Waals surface area contributed by atoms with Crippen molar-refractivity contribution in [3.8, 4) is 11.6 Å². The normalized spacial score (nSPS) is 12.1. The van der Waals surface area contributed by atoms with Crippen LogP contribution in [0.4, 0.5) is 0 Å². The van der Waals surface area contributed by atoms with Crippen LogP contribution in [0.5, 0.6) is 0 Å². The number of hydrogen-bond acceptors (Lipinski definition) is 5. The minimum atomic E-state index is -0.0354. The fourth-order valence-corrected chi connectivity index (χ4v) is 3.62. The van der Waals surface area contributed by atoms with Crippen LogP contribution in [0.15, 0.2) is 52.2 Å². The summed E-state index contributed by atoms with van der Waals surface area (Å²) in [6.45, 7) is 6.84. The van der Waals surface area contributed by atoms with Crippen molar-refractivity contribution in [3.63, 3.8) is 0 Å².